The van der Waals surface area contributed by atoms with Crippen LogP contribution in [0.3, 0.4) is 0 Å². The number of nitrogens with zero attached hydrogens (tertiary/aromatic N) is 2. The van der Waals surface area contributed by atoms with Crippen molar-refractivity contribution in [3.05, 3.63) is 30.2 Å². The maximum absolute atomic E-state index is 5.58. The molecule has 0 spiro atoms. The number of furan rings is 1. The van der Waals surface area contributed by atoms with Gasteiger partial charge in [0.1, 0.15) is 16.6 Å². The highest BCUT2D eigenvalue weighted by Gasteiger charge is 2.03. The van der Waals surface area contributed by atoms with Crippen LogP contribution in [0.2, 0.25) is 0 Å². The van der Waals surface area contributed by atoms with Crippen molar-refractivity contribution in [3.63, 3.8) is 0 Å². The minimum atomic E-state index is 0.272. The molecule has 5 nitrogen and oxygen atoms in total. The van der Waals surface area contributed by atoms with Crippen LogP contribution in [0.4, 0.5) is 11.8 Å². The number of aromatic nitrogens is 2. The highest BCUT2D eigenvalue weighted by Crippen LogP contribution is 2.23. The normalized spacial score (nSPS) is 10.3. The van der Waals surface area contributed by atoms with Gasteiger partial charge < -0.3 is 15.5 Å². The van der Waals surface area contributed by atoms with Gasteiger partial charge in [-0.1, -0.05) is 11.8 Å². The molecule has 84 valence electrons. The second-order valence-corrected chi connectivity index (χ2v) is 4.06. The molecule has 0 radical (unpaired) electrons. The van der Waals surface area contributed by atoms with Crippen LogP contribution in [-0.2, 0) is 5.75 Å². The third-order valence-electron chi connectivity index (χ3n) is 1.92. The van der Waals surface area contributed by atoms with Crippen molar-refractivity contribution in [3.8, 4) is 0 Å². The Morgan fingerprint density at radius 2 is 2.38 bits per heavy atom. The van der Waals surface area contributed by atoms with Crippen molar-refractivity contribution in [2.24, 2.45) is 0 Å². The lowest BCUT2D eigenvalue weighted by Crippen LogP contribution is -2.00. The van der Waals surface area contributed by atoms with E-state index in [1.54, 1.807) is 25.1 Å². The fraction of sp³-hybridized carbons (Fsp3) is 0.200. The molecule has 0 atom stereocenters. The standard InChI is InChI=1S/C10H12N4OS/c1-12-8-5-9(14-10(11)13-8)16-6-7-3-2-4-15-7/h2-5H,6H2,1H3,(H3,11,12,13,14). The van der Waals surface area contributed by atoms with Crippen LogP contribution in [0.25, 0.3) is 0 Å². The first kappa shape index (κ1) is 10.8. The van der Waals surface area contributed by atoms with Crippen LogP contribution in [0.1, 0.15) is 5.76 Å². The third-order valence-corrected chi connectivity index (χ3v) is 2.85. The van der Waals surface area contributed by atoms with E-state index >= 15 is 0 Å². The number of rotatable bonds is 4. The first-order valence-electron chi connectivity index (χ1n) is 4.75. The molecule has 0 aliphatic heterocycles. The topological polar surface area (TPSA) is 77.0 Å². The molecule has 0 aliphatic carbocycles. The molecule has 0 saturated carbocycles. The van der Waals surface area contributed by atoms with Gasteiger partial charge in [0.05, 0.1) is 12.0 Å². The van der Waals surface area contributed by atoms with E-state index in [-0.39, 0.29) is 5.95 Å². The zero-order valence-corrected chi connectivity index (χ0v) is 9.62. The summed E-state index contributed by atoms with van der Waals surface area (Å²) >= 11 is 1.56. The molecule has 0 fully saturated rings. The van der Waals surface area contributed by atoms with E-state index < -0.39 is 0 Å². The van der Waals surface area contributed by atoms with Crippen LogP contribution < -0.4 is 11.1 Å². The summed E-state index contributed by atoms with van der Waals surface area (Å²) in [6.45, 7) is 0. The molecule has 6 heteroatoms. The molecule has 0 saturated heterocycles. The number of nitrogens with one attached hydrogen (secondary N) is 1. The van der Waals surface area contributed by atoms with Crippen LogP contribution in [-0.4, -0.2) is 17.0 Å². The van der Waals surface area contributed by atoms with Crippen molar-refractivity contribution in [2.45, 2.75) is 10.8 Å². The van der Waals surface area contributed by atoms with Gasteiger partial charge in [-0.05, 0) is 12.1 Å². The summed E-state index contributed by atoms with van der Waals surface area (Å²) < 4.78 is 5.23. The quantitative estimate of drug-likeness (QED) is 0.624. The van der Waals surface area contributed by atoms with E-state index in [1.807, 2.05) is 18.2 Å². The van der Waals surface area contributed by atoms with Gasteiger partial charge in [-0.3, -0.25) is 0 Å². The van der Waals surface area contributed by atoms with Gasteiger partial charge in [0.2, 0.25) is 5.95 Å². The van der Waals surface area contributed by atoms with Gasteiger partial charge in [-0.2, -0.15) is 4.98 Å². The first-order valence-corrected chi connectivity index (χ1v) is 5.74. The fourth-order valence-electron chi connectivity index (χ4n) is 1.18. The second kappa shape index (κ2) is 4.89. The average Bonchev–Trinajstić information content (AvgIpc) is 2.78. The fourth-order valence-corrected chi connectivity index (χ4v) is 1.99. The monoisotopic (exact) mass is 236 g/mol. The van der Waals surface area contributed by atoms with Gasteiger partial charge >= 0.3 is 0 Å². The predicted molar refractivity (Wildman–Crippen MR) is 64.3 cm³/mol. The largest absolute Gasteiger partial charge is 0.468 e. The molecule has 2 aromatic rings. The SMILES string of the molecule is CNc1cc(SCc2ccco2)nc(N)n1. The Morgan fingerprint density at radius 1 is 1.50 bits per heavy atom. The first-order chi connectivity index (χ1) is 7.78. The van der Waals surface area contributed by atoms with Gasteiger partial charge in [0.25, 0.3) is 0 Å². The molecule has 2 rings (SSSR count). The number of nitrogen functional groups attached to an aromatic ring is 1. The second-order valence-electron chi connectivity index (χ2n) is 3.07. The summed E-state index contributed by atoms with van der Waals surface area (Å²) in [4.78, 5) is 8.15. The van der Waals surface area contributed by atoms with E-state index in [4.69, 9.17) is 10.2 Å². The lowest BCUT2D eigenvalue weighted by Gasteiger charge is -2.03. The lowest BCUT2D eigenvalue weighted by atomic mass is 10.5. The molecule has 3 N–H and O–H groups in total. The van der Waals surface area contributed by atoms with Crippen molar-refractivity contribution in [2.75, 3.05) is 18.1 Å². The van der Waals surface area contributed by atoms with Crippen LogP contribution >= 0.6 is 11.8 Å². The van der Waals surface area contributed by atoms with E-state index in [2.05, 4.69) is 15.3 Å². The zero-order chi connectivity index (χ0) is 11.4. The van der Waals surface area contributed by atoms with Gasteiger partial charge in [0.15, 0.2) is 0 Å². The Morgan fingerprint density at radius 3 is 3.06 bits per heavy atom. The summed E-state index contributed by atoms with van der Waals surface area (Å²) in [5.41, 5.74) is 5.58. The third kappa shape index (κ3) is 2.66. The van der Waals surface area contributed by atoms with Crippen molar-refractivity contribution in [1.82, 2.24) is 9.97 Å². The van der Waals surface area contributed by atoms with Crippen LogP contribution in [0.5, 0.6) is 0 Å². The highest BCUT2D eigenvalue weighted by atomic mass is 32.2. The Balaban J connectivity index is 2.06. The van der Waals surface area contributed by atoms with Crippen molar-refractivity contribution in [1.29, 1.82) is 0 Å². The summed E-state index contributed by atoms with van der Waals surface area (Å²) in [6.07, 6.45) is 1.66. The number of hydrogen-bond acceptors (Lipinski definition) is 6. The number of nitrogens with two attached hydrogens (primary N) is 1. The molecule has 0 bridgehead atoms. The Labute approximate surface area is 97.5 Å². The average molecular weight is 236 g/mol. The van der Waals surface area contributed by atoms with Crippen molar-refractivity contribution >= 4 is 23.5 Å². The predicted octanol–water partition coefficient (Wildman–Crippen LogP) is 1.99. The molecule has 0 aliphatic rings. The molecular formula is C10H12N4OS. The van der Waals surface area contributed by atoms with Gasteiger partial charge in [0, 0.05) is 13.1 Å². The van der Waals surface area contributed by atoms with E-state index in [0.29, 0.717) is 0 Å². The number of thioether (sulfide) groups is 1. The maximum atomic E-state index is 5.58. The molecule has 0 aromatic carbocycles. The van der Waals surface area contributed by atoms with E-state index in [0.717, 1.165) is 22.4 Å². The highest BCUT2D eigenvalue weighted by molar-refractivity contribution is 7.98. The molecule has 2 heterocycles. The Kier molecular flexibility index (Phi) is 3.31. The van der Waals surface area contributed by atoms with E-state index in [9.17, 15) is 0 Å². The summed E-state index contributed by atoms with van der Waals surface area (Å²) in [5.74, 6) is 2.63. The summed E-state index contributed by atoms with van der Waals surface area (Å²) in [7, 11) is 1.79. The van der Waals surface area contributed by atoms with E-state index in [1.165, 1.54) is 0 Å². The summed E-state index contributed by atoms with van der Waals surface area (Å²) in [5, 5.41) is 3.76. The van der Waals surface area contributed by atoms with Crippen LogP contribution in [0, 0.1) is 0 Å². The molecule has 2 aromatic heterocycles. The molecule has 0 unspecified atom stereocenters. The number of hydrogen-bond donors (Lipinski definition) is 2. The Bertz CT molecular complexity index is 458. The van der Waals surface area contributed by atoms with Gasteiger partial charge in [-0.25, -0.2) is 4.98 Å². The Hall–Kier alpha value is -1.69. The van der Waals surface area contributed by atoms with Crippen molar-refractivity contribution < 1.29 is 4.42 Å². The smallest absolute Gasteiger partial charge is 0.223 e. The molecule has 16 heavy (non-hydrogen) atoms. The number of anilines is 2. The lowest BCUT2D eigenvalue weighted by molar-refractivity contribution is 0.530. The molecule has 0 amide bonds. The zero-order valence-electron chi connectivity index (χ0n) is 8.80. The minimum Gasteiger partial charge on any atom is -0.468 e. The summed E-state index contributed by atoms with van der Waals surface area (Å²) in [6, 6.07) is 5.64. The maximum Gasteiger partial charge on any atom is 0.223 e. The minimum absolute atomic E-state index is 0.272. The van der Waals surface area contributed by atoms with Gasteiger partial charge in [-0.15, -0.1) is 0 Å². The van der Waals surface area contributed by atoms with Crippen LogP contribution in [0.15, 0.2) is 33.9 Å². The molecular weight excluding hydrogens is 224 g/mol.